The number of rotatable bonds is 7. The zero-order valence-corrected chi connectivity index (χ0v) is 16.9. The van der Waals surface area contributed by atoms with Crippen molar-refractivity contribution in [1.82, 2.24) is 10.3 Å². The molecule has 1 N–H and O–H groups in total. The van der Waals surface area contributed by atoms with Gasteiger partial charge in [-0.1, -0.05) is 20.8 Å². The summed E-state index contributed by atoms with van der Waals surface area (Å²) < 4.78 is 7.04. The van der Waals surface area contributed by atoms with Crippen LogP contribution < -0.4 is 10.1 Å². The largest absolute Gasteiger partial charge is 0.474 e. The Morgan fingerprint density at radius 1 is 1.38 bits per heavy atom. The Balaban J connectivity index is 1.97. The number of pyridine rings is 1. The summed E-state index contributed by atoms with van der Waals surface area (Å²) in [4.78, 5) is 9.05. The van der Waals surface area contributed by atoms with Gasteiger partial charge in [0.25, 0.3) is 0 Å². The lowest BCUT2D eigenvalue weighted by atomic mass is 9.80. The van der Waals surface area contributed by atoms with Crippen molar-refractivity contribution in [2.75, 3.05) is 6.54 Å². The standard InChI is InChI=1S/C19H30BrN3O/c1-5-10-21-12-22-18-11-17(20)19(23-14(18)4)24-16-8-6-15(7-9-16)13(2)3/h11-13,15-16H,5-10H2,1-4H3,(H,21,22)/t15-,16+. The Kier molecular flexibility index (Phi) is 7.53. The van der Waals surface area contributed by atoms with E-state index in [2.05, 4.69) is 52.0 Å². The van der Waals surface area contributed by atoms with Crippen LogP contribution >= 0.6 is 15.9 Å². The fourth-order valence-corrected chi connectivity index (χ4v) is 3.52. The molecule has 1 aliphatic rings. The lowest BCUT2D eigenvalue weighted by Gasteiger charge is -2.31. The van der Waals surface area contributed by atoms with Gasteiger partial charge in [0, 0.05) is 6.54 Å². The van der Waals surface area contributed by atoms with Crippen molar-refractivity contribution in [3.63, 3.8) is 0 Å². The summed E-state index contributed by atoms with van der Waals surface area (Å²) in [5, 5.41) is 3.16. The quantitative estimate of drug-likeness (QED) is 0.381. The molecule has 24 heavy (non-hydrogen) atoms. The Bertz CT molecular complexity index is 552. The van der Waals surface area contributed by atoms with Crippen molar-refractivity contribution < 1.29 is 4.74 Å². The minimum Gasteiger partial charge on any atom is -0.474 e. The molecule has 1 aromatic heterocycles. The van der Waals surface area contributed by atoms with Crippen LogP contribution in [0, 0.1) is 18.8 Å². The number of ether oxygens (including phenoxy) is 1. The molecule has 1 heterocycles. The maximum absolute atomic E-state index is 6.17. The van der Waals surface area contributed by atoms with E-state index in [9.17, 15) is 0 Å². The number of nitrogens with one attached hydrogen (secondary N) is 1. The molecule has 5 heteroatoms. The second-order valence-electron chi connectivity index (χ2n) is 6.99. The lowest BCUT2D eigenvalue weighted by Crippen LogP contribution is -2.26. The first-order chi connectivity index (χ1) is 11.5. The molecule has 134 valence electrons. The molecule has 1 aromatic rings. The van der Waals surface area contributed by atoms with Crippen molar-refractivity contribution in [2.45, 2.75) is 65.9 Å². The summed E-state index contributed by atoms with van der Waals surface area (Å²) in [6, 6.07) is 1.99. The highest BCUT2D eigenvalue weighted by atomic mass is 79.9. The number of halogens is 1. The van der Waals surface area contributed by atoms with Crippen molar-refractivity contribution in [3.8, 4) is 5.88 Å². The van der Waals surface area contributed by atoms with Gasteiger partial charge in [0.1, 0.15) is 6.10 Å². The maximum Gasteiger partial charge on any atom is 0.228 e. The zero-order chi connectivity index (χ0) is 17.5. The van der Waals surface area contributed by atoms with Crippen molar-refractivity contribution in [1.29, 1.82) is 0 Å². The van der Waals surface area contributed by atoms with Gasteiger partial charge in [-0.2, -0.15) is 0 Å². The Morgan fingerprint density at radius 3 is 2.71 bits per heavy atom. The number of hydrogen-bond acceptors (Lipinski definition) is 3. The highest BCUT2D eigenvalue weighted by Crippen LogP contribution is 2.35. The molecule has 0 aliphatic heterocycles. The molecular formula is C19H30BrN3O. The van der Waals surface area contributed by atoms with Crippen LogP contribution in [0.2, 0.25) is 0 Å². The summed E-state index contributed by atoms with van der Waals surface area (Å²) in [6.45, 7) is 9.67. The van der Waals surface area contributed by atoms with E-state index >= 15 is 0 Å². The zero-order valence-electron chi connectivity index (χ0n) is 15.3. The van der Waals surface area contributed by atoms with Crippen molar-refractivity contribution >= 4 is 28.0 Å². The van der Waals surface area contributed by atoms with Crippen LogP contribution in [0.15, 0.2) is 15.5 Å². The van der Waals surface area contributed by atoms with Gasteiger partial charge in [-0.05, 0) is 72.9 Å². The van der Waals surface area contributed by atoms with Gasteiger partial charge in [-0.15, -0.1) is 0 Å². The third-order valence-corrected chi connectivity index (χ3v) is 5.31. The summed E-state index contributed by atoms with van der Waals surface area (Å²) >= 11 is 3.58. The fraction of sp³-hybridized carbons (Fsp3) is 0.684. The highest BCUT2D eigenvalue weighted by molar-refractivity contribution is 9.10. The number of hydrogen-bond donors (Lipinski definition) is 1. The number of aliphatic imine (C=N–C) groups is 1. The van der Waals surface area contributed by atoms with E-state index in [0.717, 1.165) is 53.5 Å². The van der Waals surface area contributed by atoms with E-state index in [0.29, 0.717) is 5.88 Å². The molecule has 1 saturated carbocycles. The van der Waals surface area contributed by atoms with Crippen LogP contribution in [-0.2, 0) is 0 Å². The molecule has 0 aromatic carbocycles. The second-order valence-corrected chi connectivity index (χ2v) is 7.85. The van der Waals surface area contributed by atoms with Crippen LogP contribution in [0.5, 0.6) is 5.88 Å². The Hall–Kier alpha value is -1.10. The minimum atomic E-state index is 0.281. The van der Waals surface area contributed by atoms with Crippen molar-refractivity contribution in [3.05, 3.63) is 16.2 Å². The highest BCUT2D eigenvalue weighted by Gasteiger charge is 2.25. The van der Waals surface area contributed by atoms with Gasteiger partial charge < -0.3 is 10.1 Å². The van der Waals surface area contributed by atoms with Gasteiger partial charge in [0.05, 0.1) is 22.2 Å². The van der Waals surface area contributed by atoms with Crippen LogP contribution in [0.1, 0.15) is 58.6 Å². The molecule has 4 nitrogen and oxygen atoms in total. The van der Waals surface area contributed by atoms with Crippen LogP contribution in [0.3, 0.4) is 0 Å². The summed E-state index contributed by atoms with van der Waals surface area (Å²) in [7, 11) is 0. The number of aromatic nitrogens is 1. The first-order valence-corrected chi connectivity index (χ1v) is 9.90. The predicted molar refractivity (Wildman–Crippen MR) is 104 cm³/mol. The van der Waals surface area contributed by atoms with E-state index < -0.39 is 0 Å². The Labute approximate surface area is 154 Å². The fourth-order valence-electron chi connectivity index (χ4n) is 3.12. The van der Waals surface area contributed by atoms with E-state index in [-0.39, 0.29) is 6.10 Å². The smallest absolute Gasteiger partial charge is 0.228 e. The van der Waals surface area contributed by atoms with Gasteiger partial charge in [0.15, 0.2) is 0 Å². The number of nitrogens with zero attached hydrogens (tertiary/aromatic N) is 2. The lowest BCUT2D eigenvalue weighted by molar-refractivity contribution is 0.111. The molecule has 2 rings (SSSR count). The van der Waals surface area contributed by atoms with Crippen LogP contribution in [0.4, 0.5) is 5.69 Å². The number of aryl methyl sites for hydroxylation is 1. The van der Waals surface area contributed by atoms with E-state index in [1.165, 1.54) is 12.8 Å². The topological polar surface area (TPSA) is 46.5 Å². The molecule has 0 bridgehead atoms. The molecule has 0 unspecified atom stereocenters. The summed E-state index contributed by atoms with van der Waals surface area (Å²) in [5.74, 6) is 2.31. The van der Waals surface area contributed by atoms with Gasteiger partial charge in [-0.25, -0.2) is 9.98 Å². The molecule has 0 radical (unpaired) electrons. The molecular weight excluding hydrogens is 366 g/mol. The summed E-state index contributed by atoms with van der Waals surface area (Å²) in [5.41, 5.74) is 1.75. The molecule has 0 amide bonds. The third kappa shape index (κ3) is 5.47. The monoisotopic (exact) mass is 395 g/mol. The van der Waals surface area contributed by atoms with Crippen LogP contribution in [-0.4, -0.2) is 24.0 Å². The second kappa shape index (κ2) is 9.40. The average Bonchev–Trinajstić information content (AvgIpc) is 2.56. The maximum atomic E-state index is 6.17. The molecule has 1 aliphatic carbocycles. The van der Waals surface area contributed by atoms with Gasteiger partial charge >= 0.3 is 0 Å². The van der Waals surface area contributed by atoms with Crippen LogP contribution in [0.25, 0.3) is 0 Å². The molecule has 0 saturated heterocycles. The van der Waals surface area contributed by atoms with Gasteiger partial charge in [-0.3, -0.25) is 0 Å². The SMILES string of the molecule is CCCN/C=N\c1cc(Br)c(O[C@H]2CC[C@@H](C(C)C)CC2)nc1C. The van der Waals surface area contributed by atoms with E-state index in [1.807, 2.05) is 13.0 Å². The van der Waals surface area contributed by atoms with E-state index in [1.54, 1.807) is 6.34 Å². The first kappa shape index (κ1) is 19.2. The first-order valence-electron chi connectivity index (χ1n) is 9.11. The Morgan fingerprint density at radius 2 is 2.08 bits per heavy atom. The molecule has 0 atom stereocenters. The average molecular weight is 396 g/mol. The third-order valence-electron chi connectivity index (χ3n) is 4.74. The van der Waals surface area contributed by atoms with Gasteiger partial charge in [0.2, 0.25) is 5.88 Å². The summed E-state index contributed by atoms with van der Waals surface area (Å²) in [6.07, 6.45) is 7.86. The van der Waals surface area contributed by atoms with E-state index in [4.69, 9.17) is 4.74 Å². The normalized spacial score (nSPS) is 21.4. The minimum absolute atomic E-state index is 0.281. The predicted octanol–water partition coefficient (Wildman–Crippen LogP) is 5.41. The van der Waals surface area contributed by atoms with Crippen molar-refractivity contribution in [2.24, 2.45) is 16.8 Å². The molecule has 0 spiro atoms. The molecule has 1 fully saturated rings.